The van der Waals surface area contributed by atoms with Gasteiger partial charge in [-0.2, -0.15) is 0 Å². The Bertz CT molecular complexity index is 1920. The molecular formula is C29H20BrCl2N3O5S. The molecule has 41 heavy (non-hydrogen) atoms. The maximum Gasteiger partial charge on any atom is 0.338 e. The fourth-order valence-corrected chi connectivity index (χ4v) is 6.46. The van der Waals surface area contributed by atoms with E-state index in [1.807, 2.05) is 18.2 Å². The highest BCUT2D eigenvalue weighted by Crippen LogP contribution is 2.32. The number of aromatic nitrogens is 2. The molecule has 2 heterocycles. The van der Waals surface area contributed by atoms with Crippen molar-refractivity contribution in [1.82, 2.24) is 9.38 Å². The Labute approximate surface area is 253 Å². The number of hydrogen-bond donors (Lipinski definition) is 0. The van der Waals surface area contributed by atoms with Gasteiger partial charge in [-0.15, -0.1) is 0 Å². The number of pyridine rings is 1. The summed E-state index contributed by atoms with van der Waals surface area (Å²) in [6, 6.07) is 23.9. The molecular weight excluding hydrogens is 653 g/mol. The first-order valence-electron chi connectivity index (χ1n) is 12.1. The molecule has 0 aliphatic rings. The molecule has 8 nitrogen and oxygen atoms in total. The summed E-state index contributed by atoms with van der Waals surface area (Å²) in [4.78, 5) is 29.5. The van der Waals surface area contributed by atoms with Gasteiger partial charge in [-0.05, 0) is 76.1 Å². The van der Waals surface area contributed by atoms with Crippen LogP contribution in [0.1, 0.15) is 21.6 Å². The molecule has 0 unspecified atom stereocenters. The zero-order valence-electron chi connectivity index (χ0n) is 21.1. The summed E-state index contributed by atoms with van der Waals surface area (Å²) >= 11 is 15.7. The number of halogens is 3. The smallest absolute Gasteiger partial charge is 0.338 e. The number of rotatable bonds is 8. The van der Waals surface area contributed by atoms with Gasteiger partial charge in [-0.3, -0.25) is 13.5 Å². The van der Waals surface area contributed by atoms with Crippen molar-refractivity contribution in [2.45, 2.75) is 18.0 Å². The molecule has 5 rings (SSSR count). The summed E-state index contributed by atoms with van der Waals surface area (Å²) in [5.41, 5.74) is 1.34. The normalized spacial score (nSPS) is 11.4. The van der Waals surface area contributed by atoms with E-state index in [1.165, 1.54) is 33.0 Å². The highest BCUT2D eigenvalue weighted by Gasteiger charge is 2.29. The van der Waals surface area contributed by atoms with Crippen molar-refractivity contribution in [3.05, 3.63) is 139 Å². The lowest BCUT2D eigenvalue weighted by molar-refractivity contribution is 0.0467. The molecule has 0 fully saturated rings. The third kappa shape index (κ3) is 6.46. The average molecular weight is 673 g/mol. The largest absolute Gasteiger partial charge is 0.456 e. The van der Waals surface area contributed by atoms with Crippen molar-refractivity contribution in [2.75, 3.05) is 4.31 Å². The summed E-state index contributed by atoms with van der Waals surface area (Å²) < 4.78 is 36.6. The van der Waals surface area contributed by atoms with Gasteiger partial charge in [0.2, 0.25) is 0 Å². The molecule has 0 amide bonds. The molecule has 0 saturated carbocycles. The van der Waals surface area contributed by atoms with Crippen LogP contribution in [0.5, 0.6) is 0 Å². The molecule has 0 spiro atoms. The first-order valence-corrected chi connectivity index (χ1v) is 15.1. The van der Waals surface area contributed by atoms with Crippen molar-refractivity contribution in [3.8, 4) is 0 Å². The minimum atomic E-state index is -4.26. The third-order valence-electron chi connectivity index (χ3n) is 6.05. The van der Waals surface area contributed by atoms with Crippen molar-refractivity contribution in [2.24, 2.45) is 0 Å². The van der Waals surface area contributed by atoms with Crippen LogP contribution >= 0.6 is 39.1 Å². The maximum atomic E-state index is 14.0. The molecule has 3 aromatic carbocycles. The van der Waals surface area contributed by atoms with Gasteiger partial charge >= 0.3 is 5.97 Å². The minimum Gasteiger partial charge on any atom is -0.456 e. The van der Waals surface area contributed by atoms with E-state index in [1.54, 1.807) is 54.7 Å². The van der Waals surface area contributed by atoms with Gasteiger partial charge in [0.15, 0.2) is 0 Å². The molecule has 0 bridgehead atoms. The van der Waals surface area contributed by atoms with E-state index in [4.69, 9.17) is 27.9 Å². The number of hydrogen-bond acceptors (Lipinski definition) is 6. The Balaban J connectivity index is 1.44. The van der Waals surface area contributed by atoms with Gasteiger partial charge in [-0.25, -0.2) is 18.2 Å². The summed E-state index contributed by atoms with van der Waals surface area (Å²) in [5.74, 6) is -0.808. The molecule has 0 aliphatic carbocycles. The first-order chi connectivity index (χ1) is 19.6. The first kappa shape index (κ1) is 28.8. The molecule has 2 aromatic heterocycles. The number of benzene rings is 3. The average Bonchev–Trinajstić information content (AvgIpc) is 2.96. The monoisotopic (exact) mass is 671 g/mol. The lowest BCUT2D eigenvalue weighted by Gasteiger charge is -2.25. The number of ether oxygens (including phenoxy) is 1. The maximum absolute atomic E-state index is 14.0. The van der Waals surface area contributed by atoms with Crippen molar-refractivity contribution in [3.63, 3.8) is 0 Å². The second-order valence-electron chi connectivity index (χ2n) is 8.86. The summed E-state index contributed by atoms with van der Waals surface area (Å²) in [7, 11) is -4.26. The predicted octanol–water partition coefficient (Wildman–Crippen LogP) is 6.52. The van der Waals surface area contributed by atoms with Gasteiger partial charge in [0.25, 0.3) is 15.6 Å². The number of anilines is 1. The van der Waals surface area contributed by atoms with Gasteiger partial charge < -0.3 is 4.74 Å². The van der Waals surface area contributed by atoms with Crippen LogP contribution in [0, 0.1) is 0 Å². The second-order valence-corrected chi connectivity index (χ2v) is 12.4. The quantitative estimate of drug-likeness (QED) is 0.174. The van der Waals surface area contributed by atoms with E-state index < -0.39 is 16.0 Å². The molecule has 208 valence electrons. The van der Waals surface area contributed by atoms with E-state index in [0.717, 1.165) is 5.56 Å². The van der Waals surface area contributed by atoms with Crippen LogP contribution in [0.15, 0.2) is 111 Å². The number of fused-ring (bicyclic) bond motifs is 1. The van der Waals surface area contributed by atoms with E-state index in [0.29, 0.717) is 20.8 Å². The predicted molar refractivity (Wildman–Crippen MR) is 161 cm³/mol. The van der Waals surface area contributed by atoms with Gasteiger partial charge in [0, 0.05) is 21.8 Å². The standard InChI is InChI=1S/C29H20BrCl2N3O5S/c30-21-7-13-27-33-23(15-28(36)34(27)17-21)18-40-29(37)20-6-12-25(32)26(14-20)41(38,39)35(16-19-4-2-1-3-5-19)24-10-8-22(31)9-11-24/h1-15,17H,16,18H2. The van der Waals surface area contributed by atoms with Crippen LogP contribution in [0.4, 0.5) is 5.69 Å². The number of carbonyl (C=O) groups excluding carboxylic acids is 1. The summed E-state index contributed by atoms with van der Waals surface area (Å²) in [5, 5.41) is 0.383. The Morgan fingerprint density at radius 3 is 2.41 bits per heavy atom. The van der Waals surface area contributed by atoms with E-state index in [9.17, 15) is 18.0 Å². The fourth-order valence-electron chi connectivity index (χ4n) is 4.04. The van der Waals surface area contributed by atoms with Crippen LogP contribution in [-0.4, -0.2) is 23.8 Å². The van der Waals surface area contributed by atoms with Gasteiger partial charge in [0.1, 0.15) is 17.1 Å². The zero-order valence-corrected chi connectivity index (χ0v) is 25.0. The Hall–Kier alpha value is -3.70. The third-order valence-corrected chi connectivity index (χ3v) is 9.02. The minimum absolute atomic E-state index is 0.00948. The topological polar surface area (TPSA) is 98.0 Å². The van der Waals surface area contributed by atoms with Gasteiger partial charge in [0.05, 0.1) is 28.5 Å². The molecule has 0 atom stereocenters. The van der Waals surface area contributed by atoms with Crippen LogP contribution in [0.3, 0.4) is 0 Å². The molecule has 0 saturated heterocycles. The van der Waals surface area contributed by atoms with Crippen molar-refractivity contribution >= 4 is 66.5 Å². The molecule has 0 radical (unpaired) electrons. The Kier molecular flexibility index (Phi) is 8.46. The second kappa shape index (κ2) is 12.0. The zero-order chi connectivity index (χ0) is 29.1. The van der Waals surface area contributed by atoms with Gasteiger partial charge in [-0.1, -0.05) is 53.5 Å². The summed E-state index contributed by atoms with van der Waals surface area (Å²) in [6.07, 6.45) is 1.58. The molecule has 5 aromatic rings. The molecule has 0 N–H and O–H groups in total. The van der Waals surface area contributed by atoms with Crippen molar-refractivity contribution < 1.29 is 17.9 Å². The van der Waals surface area contributed by atoms with Crippen LogP contribution < -0.4 is 9.86 Å². The van der Waals surface area contributed by atoms with Crippen molar-refractivity contribution in [1.29, 1.82) is 0 Å². The highest BCUT2D eigenvalue weighted by molar-refractivity contribution is 9.10. The Morgan fingerprint density at radius 2 is 1.68 bits per heavy atom. The van der Waals surface area contributed by atoms with Crippen LogP contribution in [0.25, 0.3) is 5.65 Å². The number of carbonyl (C=O) groups is 1. The fraction of sp³-hybridized carbons (Fsp3) is 0.0690. The van der Waals surface area contributed by atoms with Crippen LogP contribution in [-0.2, 0) is 27.9 Å². The van der Waals surface area contributed by atoms with E-state index >= 15 is 0 Å². The number of sulfonamides is 1. The molecule has 12 heteroatoms. The summed E-state index contributed by atoms with van der Waals surface area (Å²) in [6.45, 7) is -0.286. The number of nitrogens with zero attached hydrogens (tertiary/aromatic N) is 3. The van der Waals surface area contributed by atoms with Crippen LogP contribution in [0.2, 0.25) is 10.0 Å². The highest BCUT2D eigenvalue weighted by atomic mass is 79.9. The lowest BCUT2D eigenvalue weighted by Crippen LogP contribution is -2.31. The van der Waals surface area contributed by atoms with E-state index in [-0.39, 0.29) is 39.9 Å². The Morgan fingerprint density at radius 1 is 0.951 bits per heavy atom. The lowest BCUT2D eigenvalue weighted by atomic mass is 10.2. The van der Waals surface area contributed by atoms with E-state index in [2.05, 4.69) is 20.9 Å². The molecule has 0 aliphatic heterocycles. The number of esters is 1. The SMILES string of the molecule is O=C(OCc1cc(=O)n2cc(Br)ccc2n1)c1ccc(Cl)c(S(=O)(=O)N(Cc2ccccc2)c2ccc(Cl)cc2)c1.